The van der Waals surface area contributed by atoms with Gasteiger partial charge in [0, 0.05) is 57.4 Å². The molecule has 6 heteroatoms. The highest BCUT2D eigenvalue weighted by Crippen LogP contribution is 2.23. The van der Waals surface area contributed by atoms with E-state index in [1.807, 2.05) is 64.5 Å². The lowest BCUT2D eigenvalue weighted by atomic mass is 9.92. The van der Waals surface area contributed by atoms with Gasteiger partial charge in [-0.25, -0.2) is 4.98 Å². The molecule has 0 bridgehead atoms. The Kier molecular flexibility index (Phi) is 6.08. The Morgan fingerprint density at radius 2 is 1.52 bits per heavy atom. The van der Waals surface area contributed by atoms with Crippen LogP contribution in [0, 0.1) is 5.92 Å². The first kappa shape index (κ1) is 19.4. The molecule has 0 spiro atoms. The number of carbonyl (C=O) groups is 2. The van der Waals surface area contributed by atoms with E-state index < -0.39 is 0 Å². The van der Waals surface area contributed by atoms with Gasteiger partial charge in [0.15, 0.2) is 0 Å². The second-order valence-electron chi connectivity index (χ2n) is 7.86. The summed E-state index contributed by atoms with van der Waals surface area (Å²) in [6.45, 7) is 4.62. The van der Waals surface area contributed by atoms with E-state index in [9.17, 15) is 9.59 Å². The predicted octanol–water partition coefficient (Wildman–Crippen LogP) is 2.67. The highest BCUT2D eigenvalue weighted by Gasteiger charge is 2.28. The van der Waals surface area contributed by atoms with Crippen LogP contribution in [-0.4, -0.2) is 65.9 Å². The SMILES string of the molecule is O=C(CC1CCN(C(=O)c2ccccc2)CC1)N1CCN(c2ccccn2)CC1. The zero-order chi connectivity index (χ0) is 20.1. The lowest BCUT2D eigenvalue weighted by molar-refractivity contribution is -0.132. The molecule has 1 aromatic carbocycles. The standard InChI is InChI=1S/C23H28N4O2/c28-22(26-16-14-25(15-17-26)21-8-4-5-11-24-21)18-19-9-12-27(13-10-19)23(29)20-6-2-1-3-7-20/h1-8,11,19H,9-10,12-18H2. The van der Waals surface area contributed by atoms with E-state index in [4.69, 9.17) is 0 Å². The van der Waals surface area contributed by atoms with E-state index in [2.05, 4.69) is 9.88 Å². The molecule has 0 saturated carbocycles. The molecule has 2 aliphatic heterocycles. The molecule has 0 aliphatic carbocycles. The van der Waals surface area contributed by atoms with Crippen LogP contribution in [0.25, 0.3) is 0 Å². The summed E-state index contributed by atoms with van der Waals surface area (Å²) in [7, 11) is 0. The molecule has 4 rings (SSSR count). The average Bonchev–Trinajstić information content (AvgIpc) is 2.80. The van der Waals surface area contributed by atoms with E-state index in [-0.39, 0.29) is 11.8 Å². The van der Waals surface area contributed by atoms with Crippen LogP contribution in [-0.2, 0) is 4.79 Å². The fourth-order valence-corrected chi connectivity index (χ4v) is 4.21. The number of hydrogen-bond acceptors (Lipinski definition) is 4. The molecule has 0 N–H and O–H groups in total. The molecule has 152 valence electrons. The molecule has 2 fully saturated rings. The van der Waals surface area contributed by atoms with Gasteiger partial charge in [0.1, 0.15) is 5.82 Å². The minimum absolute atomic E-state index is 0.0982. The van der Waals surface area contributed by atoms with Gasteiger partial charge >= 0.3 is 0 Å². The number of piperazine rings is 1. The smallest absolute Gasteiger partial charge is 0.253 e. The van der Waals surface area contributed by atoms with Crippen molar-refractivity contribution in [1.82, 2.24) is 14.8 Å². The quantitative estimate of drug-likeness (QED) is 0.803. The van der Waals surface area contributed by atoms with Crippen molar-refractivity contribution in [1.29, 1.82) is 0 Å². The molecule has 29 heavy (non-hydrogen) atoms. The van der Waals surface area contributed by atoms with Crippen molar-refractivity contribution >= 4 is 17.6 Å². The summed E-state index contributed by atoms with van der Waals surface area (Å²) < 4.78 is 0. The van der Waals surface area contributed by atoms with Gasteiger partial charge in [0.05, 0.1) is 0 Å². The number of likely N-dealkylation sites (tertiary alicyclic amines) is 1. The third kappa shape index (κ3) is 4.75. The van der Waals surface area contributed by atoms with Crippen LogP contribution in [0.15, 0.2) is 54.7 Å². The maximum absolute atomic E-state index is 12.8. The first-order valence-electron chi connectivity index (χ1n) is 10.5. The number of anilines is 1. The van der Waals surface area contributed by atoms with Crippen molar-refractivity contribution in [3.8, 4) is 0 Å². The Labute approximate surface area is 172 Å². The highest BCUT2D eigenvalue weighted by atomic mass is 16.2. The fourth-order valence-electron chi connectivity index (χ4n) is 4.21. The van der Waals surface area contributed by atoms with Gasteiger partial charge < -0.3 is 14.7 Å². The molecule has 3 heterocycles. The normalized spacial score (nSPS) is 18.0. The minimum Gasteiger partial charge on any atom is -0.353 e. The molecule has 2 saturated heterocycles. The molecular formula is C23H28N4O2. The van der Waals surface area contributed by atoms with E-state index >= 15 is 0 Å². The number of amides is 2. The molecular weight excluding hydrogens is 364 g/mol. The van der Waals surface area contributed by atoms with Crippen molar-refractivity contribution < 1.29 is 9.59 Å². The second-order valence-corrected chi connectivity index (χ2v) is 7.86. The summed E-state index contributed by atoms with van der Waals surface area (Å²) >= 11 is 0. The van der Waals surface area contributed by atoms with E-state index in [0.717, 1.165) is 63.5 Å². The van der Waals surface area contributed by atoms with Crippen LogP contribution in [0.5, 0.6) is 0 Å². The maximum Gasteiger partial charge on any atom is 0.253 e. The third-order valence-corrected chi connectivity index (χ3v) is 5.99. The van der Waals surface area contributed by atoms with Gasteiger partial charge in [0.25, 0.3) is 5.91 Å². The Balaban J connectivity index is 1.22. The van der Waals surface area contributed by atoms with Crippen LogP contribution < -0.4 is 4.90 Å². The van der Waals surface area contributed by atoms with Crippen molar-refractivity contribution in [2.45, 2.75) is 19.3 Å². The summed E-state index contributed by atoms with van der Waals surface area (Å²) in [5, 5.41) is 0. The average molecular weight is 393 g/mol. The predicted molar refractivity (Wildman–Crippen MR) is 113 cm³/mol. The number of pyridine rings is 1. The summed E-state index contributed by atoms with van der Waals surface area (Å²) in [5.41, 5.74) is 0.743. The first-order valence-corrected chi connectivity index (χ1v) is 10.5. The topological polar surface area (TPSA) is 56.8 Å². The lowest BCUT2D eigenvalue weighted by Gasteiger charge is -2.37. The van der Waals surface area contributed by atoms with Crippen LogP contribution in [0.2, 0.25) is 0 Å². The van der Waals surface area contributed by atoms with Crippen molar-refractivity contribution in [3.05, 3.63) is 60.3 Å². The fraction of sp³-hybridized carbons (Fsp3) is 0.435. The second kappa shape index (κ2) is 9.07. The molecule has 0 radical (unpaired) electrons. The van der Waals surface area contributed by atoms with Gasteiger partial charge in [0.2, 0.25) is 5.91 Å². The van der Waals surface area contributed by atoms with E-state index in [0.29, 0.717) is 12.3 Å². The minimum atomic E-state index is 0.0982. The van der Waals surface area contributed by atoms with Crippen LogP contribution in [0.4, 0.5) is 5.82 Å². The van der Waals surface area contributed by atoms with Crippen LogP contribution in [0.3, 0.4) is 0 Å². The first-order chi connectivity index (χ1) is 14.2. The number of nitrogens with zero attached hydrogens (tertiary/aromatic N) is 4. The largest absolute Gasteiger partial charge is 0.353 e. The molecule has 2 aromatic rings. The number of aromatic nitrogens is 1. The number of rotatable bonds is 4. The molecule has 0 unspecified atom stereocenters. The zero-order valence-electron chi connectivity index (χ0n) is 16.7. The summed E-state index contributed by atoms with van der Waals surface area (Å²) in [6, 6.07) is 15.4. The molecule has 2 aliphatic rings. The molecule has 0 atom stereocenters. The zero-order valence-corrected chi connectivity index (χ0v) is 16.7. The Hall–Kier alpha value is -2.89. The summed E-state index contributed by atoms with van der Waals surface area (Å²) in [4.78, 5) is 35.9. The number of hydrogen-bond donors (Lipinski definition) is 0. The maximum atomic E-state index is 12.8. The van der Waals surface area contributed by atoms with Crippen molar-refractivity contribution in [2.24, 2.45) is 5.92 Å². The Bertz CT molecular complexity index is 811. The van der Waals surface area contributed by atoms with Gasteiger partial charge in [-0.1, -0.05) is 24.3 Å². The lowest BCUT2D eigenvalue weighted by Crippen LogP contribution is -2.49. The Morgan fingerprint density at radius 3 is 2.17 bits per heavy atom. The highest BCUT2D eigenvalue weighted by molar-refractivity contribution is 5.94. The molecule has 2 amide bonds. The monoisotopic (exact) mass is 392 g/mol. The molecule has 6 nitrogen and oxygen atoms in total. The summed E-state index contributed by atoms with van der Waals surface area (Å²) in [5.74, 6) is 1.70. The van der Waals surface area contributed by atoms with Gasteiger partial charge in [-0.15, -0.1) is 0 Å². The van der Waals surface area contributed by atoms with E-state index in [1.165, 1.54) is 0 Å². The number of benzene rings is 1. The summed E-state index contributed by atoms with van der Waals surface area (Å²) in [6.07, 6.45) is 4.20. The van der Waals surface area contributed by atoms with Crippen LogP contribution >= 0.6 is 0 Å². The van der Waals surface area contributed by atoms with E-state index in [1.54, 1.807) is 0 Å². The molecule has 1 aromatic heterocycles. The van der Waals surface area contributed by atoms with Gasteiger partial charge in [-0.3, -0.25) is 9.59 Å². The number of carbonyl (C=O) groups excluding carboxylic acids is 2. The van der Waals surface area contributed by atoms with Crippen LogP contribution in [0.1, 0.15) is 29.6 Å². The Morgan fingerprint density at radius 1 is 0.828 bits per heavy atom. The van der Waals surface area contributed by atoms with Gasteiger partial charge in [-0.05, 0) is 43.0 Å². The van der Waals surface area contributed by atoms with Gasteiger partial charge in [-0.2, -0.15) is 0 Å². The van der Waals surface area contributed by atoms with Crippen molar-refractivity contribution in [2.75, 3.05) is 44.2 Å². The number of piperidine rings is 1. The third-order valence-electron chi connectivity index (χ3n) is 5.99. The van der Waals surface area contributed by atoms with Crippen molar-refractivity contribution in [3.63, 3.8) is 0 Å².